The average molecular weight is 471 g/mol. The van der Waals surface area contributed by atoms with Gasteiger partial charge in [0.25, 0.3) is 0 Å². The summed E-state index contributed by atoms with van der Waals surface area (Å²) in [4.78, 5) is 36.3. The predicted octanol–water partition coefficient (Wildman–Crippen LogP) is 4.05. The van der Waals surface area contributed by atoms with Gasteiger partial charge in [0.05, 0.1) is 24.0 Å². The summed E-state index contributed by atoms with van der Waals surface area (Å²) in [6, 6.07) is 5.34. The van der Waals surface area contributed by atoms with Crippen molar-refractivity contribution in [3.05, 3.63) is 23.8 Å². The predicted molar refractivity (Wildman–Crippen MR) is 121 cm³/mol. The van der Waals surface area contributed by atoms with Crippen LogP contribution in [0.2, 0.25) is 0 Å². The third kappa shape index (κ3) is 9.08. The van der Waals surface area contributed by atoms with Gasteiger partial charge in [-0.1, -0.05) is 26.3 Å². The van der Waals surface area contributed by atoms with Gasteiger partial charge in [0, 0.05) is 19.8 Å². The molecule has 0 bridgehead atoms. The number of carboxylic acid groups (broad SMARTS) is 2. The van der Waals surface area contributed by atoms with E-state index in [1.807, 2.05) is 19.9 Å². The Morgan fingerprint density at radius 2 is 1.88 bits per heavy atom. The minimum atomic E-state index is -1.84. The number of aliphatic hydroxyl groups excluding tert-OH is 1. The van der Waals surface area contributed by atoms with Crippen molar-refractivity contribution >= 4 is 29.7 Å². The van der Waals surface area contributed by atoms with Crippen LogP contribution in [0.1, 0.15) is 64.9 Å². The van der Waals surface area contributed by atoms with Crippen molar-refractivity contribution < 1.29 is 39.2 Å². The first-order valence-electron chi connectivity index (χ1n) is 10.8. The summed E-state index contributed by atoms with van der Waals surface area (Å²) >= 11 is 0.883. The summed E-state index contributed by atoms with van der Waals surface area (Å²) in [6.45, 7) is 7.26. The van der Waals surface area contributed by atoms with Gasteiger partial charge in [-0.2, -0.15) is 0 Å². The Bertz CT molecular complexity index is 781. The molecule has 0 aliphatic heterocycles. The van der Waals surface area contributed by atoms with Gasteiger partial charge in [-0.3, -0.25) is 14.4 Å². The summed E-state index contributed by atoms with van der Waals surface area (Å²) in [5.41, 5.74) is 0.864. The van der Waals surface area contributed by atoms with E-state index >= 15 is 0 Å². The zero-order chi connectivity index (χ0) is 24.3. The molecule has 3 unspecified atom stereocenters. The van der Waals surface area contributed by atoms with E-state index in [0.29, 0.717) is 23.7 Å². The maximum absolute atomic E-state index is 12.5. The van der Waals surface area contributed by atoms with Gasteiger partial charge in [-0.05, 0) is 37.5 Å². The molecule has 0 heterocycles. The Kier molecular flexibility index (Phi) is 11.6. The highest BCUT2D eigenvalue weighted by molar-refractivity contribution is 8.01. The molecule has 180 valence electrons. The highest BCUT2D eigenvalue weighted by atomic mass is 32.2. The van der Waals surface area contributed by atoms with Crippen molar-refractivity contribution in [2.24, 2.45) is 0 Å². The largest absolute Gasteiger partial charge is 0.492 e. The summed E-state index contributed by atoms with van der Waals surface area (Å²) < 4.78 is 9.27. The van der Waals surface area contributed by atoms with E-state index in [1.54, 1.807) is 19.1 Å². The van der Waals surface area contributed by atoms with E-state index in [2.05, 4.69) is 0 Å². The molecule has 0 spiro atoms. The number of ether oxygens (including phenoxy) is 2. The molecule has 1 aromatic carbocycles. The molecule has 0 amide bonds. The quantitative estimate of drug-likeness (QED) is 0.197. The molecule has 0 saturated carbocycles. The van der Waals surface area contributed by atoms with Gasteiger partial charge in [0.2, 0.25) is 0 Å². The van der Waals surface area contributed by atoms with Crippen LogP contribution in [0, 0.1) is 6.92 Å². The number of aryl methyl sites for hydroxylation is 1. The van der Waals surface area contributed by atoms with Crippen molar-refractivity contribution in [2.45, 2.75) is 88.1 Å². The maximum Gasteiger partial charge on any atom is 0.320 e. The van der Waals surface area contributed by atoms with Crippen LogP contribution in [-0.2, 0) is 19.1 Å². The first-order chi connectivity index (χ1) is 15.0. The molecule has 0 aliphatic rings. The van der Waals surface area contributed by atoms with Crippen LogP contribution in [-0.4, -0.2) is 56.8 Å². The fourth-order valence-corrected chi connectivity index (χ4v) is 4.64. The Balaban J connectivity index is 3.39. The molecule has 0 radical (unpaired) electrons. The Hall–Kier alpha value is -2.26. The Morgan fingerprint density at radius 1 is 1.19 bits per heavy atom. The van der Waals surface area contributed by atoms with Crippen molar-refractivity contribution in [2.75, 3.05) is 6.61 Å². The van der Waals surface area contributed by atoms with E-state index in [1.165, 1.54) is 6.92 Å². The van der Waals surface area contributed by atoms with Gasteiger partial charge in [-0.25, -0.2) is 0 Å². The van der Waals surface area contributed by atoms with E-state index in [0.717, 1.165) is 30.2 Å². The maximum atomic E-state index is 12.5. The van der Waals surface area contributed by atoms with Crippen molar-refractivity contribution in [1.29, 1.82) is 0 Å². The number of carbonyl (C=O) groups is 3. The number of carboxylic acids is 2. The number of benzene rings is 1. The second kappa shape index (κ2) is 13.3. The van der Waals surface area contributed by atoms with Gasteiger partial charge < -0.3 is 24.8 Å². The number of thioether (sulfide) groups is 1. The zero-order valence-electron chi connectivity index (χ0n) is 19.1. The molecule has 0 aliphatic carbocycles. The highest BCUT2D eigenvalue weighted by Crippen LogP contribution is 2.45. The van der Waals surface area contributed by atoms with Crippen molar-refractivity contribution in [1.82, 2.24) is 0 Å². The minimum absolute atomic E-state index is 0.0129. The molecule has 1 rings (SSSR count). The number of esters is 1. The van der Waals surface area contributed by atoms with E-state index in [-0.39, 0.29) is 12.8 Å². The molecule has 3 N–H and O–H groups in total. The number of carbonyl (C=O) groups excluding carboxylic acids is 1. The van der Waals surface area contributed by atoms with Crippen LogP contribution >= 0.6 is 11.8 Å². The number of aliphatic carboxylic acids is 2. The number of unbranched alkanes of at least 4 members (excludes halogenated alkanes) is 1. The third-order valence-electron chi connectivity index (χ3n) is 4.88. The number of hydrogen-bond donors (Lipinski definition) is 3. The van der Waals surface area contributed by atoms with Crippen LogP contribution in [0.5, 0.6) is 5.75 Å². The second-order valence-corrected chi connectivity index (χ2v) is 9.28. The van der Waals surface area contributed by atoms with E-state index in [9.17, 15) is 29.7 Å². The summed E-state index contributed by atoms with van der Waals surface area (Å²) in [5.74, 6) is -2.78. The lowest BCUT2D eigenvalue weighted by Crippen LogP contribution is -2.42. The number of hydrogen-bond acceptors (Lipinski definition) is 7. The summed E-state index contributed by atoms with van der Waals surface area (Å²) in [6.07, 6.45) is -0.604. The minimum Gasteiger partial charge on any atom is -0.492 e. The fourth-order valence-electron chi connectivity index (χ4n) is 3.20. The topological polar surface area (TPSA) is 130 Å². The van der Waals surface area contributed by atoms with Crippen LogP contribution in [0.3, 0.4) is 0 Å². The van der Waals surface area contributed by atoms with Gasteiger partial charge in [0.1, 0.15) is 16.6 Å². The van der Waals surface area contributed by atoms with Gasteiger partial charge in [-0.15, -0.1) is 11.8 Å². The first-order valence-corrected chi connectivity index (χ1v) is 11.6. The molecule has 0 fully saturated rings. The smallest absolute Gasteiger partial charge is 0.320 e. The van der Waals surface area contributed by atoms with Gasteiger partial charge in [0.15, 0.2) is 0 Å². The van der Waals surface area contributed by atoms with E-state index in [4.69, 9.17) is 9.47 Å². The third-order valence-corrected chi connectivity index (χ3v) is 6.30. The van der Waals surface area contributed by atoms with Crippen molar-refractivity contribution in [3.8, 4) is 5.75 Å². The van der Waals surface area contributed by atoms with E-state index < -0.39 is 41.3 Å². The number of rotatable bonds is 15. The molecule has 0 saturated heterocycles. The molecular formula is C23H34O8S. The highest BCUT2D eigenvalue weighted by Gasteiger charge is 2.45. The molecule has 0 aromatic heterocycles. The lowest BCUT2D eigenvalue weighted by molar-refractivity contribution is -0.153. The molecule has 32 heavy (non-hydrogen) atoms. The standard InChI is InChI=1S/C23H34O8S/c1-5-7-10-30-19-9-8-15(3)11-20(19)32-23(22(28)29,14-21(26)27)13-18(31-16(4)24)12-17(25)6-2/h8-9,11,17-18,25H,5-7,10,12-14H2,1-4H3,(H,26,27)(H,28,29). The van der Waals surface area contributed by atoms with Crippen LogP contribution in [0.25, 0.3) is 0 Å². The van der Waals surface area contributed by atoms with Crippen molar-refractivity contribution in [3.63, 3.8) is 0 Å². The monoisotopic (exact) mass is 470 g/mol. The lowest BCUT2D eigenvalue weighted by atomic mass is 9.93. The molecule has 9 heteroatoms. The molecule has 1 aromatic rings. The normalized spacial score (nSPS) is 14.8. The second-order valence-electron chi connectivity index (χ2n) is 7.86. The average Bonchev–Trinajstić information content (AvgIpc) is 2.68. The Labute approximate surface area is 193 Å². The zero-order valence-corrected chi connectivity index (χ0v) is 19.9. The molecule has 8 nitrogen and oxygen atoms in total. The van der Waals surface area contributed by atoms with Gasteiger partial charge >= 0.3 is 17.9 Å². The fraction of sp³-hybridized carbons (Fsp3) is 0.609. The van der Waals surface area contributed by atoms with Crippen LogP contribution in [0.15, 0.2) is 23.1 Å². The number of aliphatic hydroxyl groups is 1. The van der Waals surface area contributed by atoms with Crippen LogP contribution in [0.4, 0.5) is 0 Å². The SMILES string of the molecule is CCCCOc1ccc(C)cc1SC(CC(=O)O)(CC(CC(O)CC)OC(C)=O)C(=O)O. The molecule has 3 atom stereocenters. The van der Waals surface area contributed by atoms with Crippen LogP contribution < -0.4 is 4.74 Å². The lowest BCUT2D eigenvalue weighted by Gasteiger charge is -2.32. The first kappa shape index (κ1) is 27.8. The summed E-state index contributed by atoms with van der Waals surface area (Å²) in [7, 11) is 0. The Morgan fingerprint density at radius 3 is 2.41 bits per heavy atom. The molecular weight excluding hydrogens is 436 g/mol. The summed E-state index contributed by atoms with van der Waals surface area (Å²) in [5, 5.41) is 29.8.